The van der Waals surface area contributed by atoms with Crippen molar-refractivity contribution in [1.82, 2.24) is 19.8 Å². The smallest absolute Gasteiger partial charge is 0.226 e. The largest absolute Gasteiger partial charge is 0.488 e. The van der Waals surface area contributed by atoms with Crippen LogP contribution in [0, 0.1) is 35.9 Å². The molecule has 0 radical (unpaired) electrons. The van der Waals surface area contributed by atoms with Gasteiger partial charge in [0.05, 0.1) is 40.3 Å². The summed E-state index contributed by atoms with van der Waals surface area (Å²) in [4.78, 5) is 21.1. The van der Waals surface area contributed by atoms with Crippen molar-refractivity contribution >= 4 is 50.9 Å². The van der Waals surface area contributed by atoms with E-state index in [4.69, 9.17) is 32.9 Å². The highest BCUT2D eigenvalue weighted by Crippen LogP contribution is 2.51. The second-order valence-electron chi connectivity index (χ2n) is 15.8. The zero-order valence-corrected chi connectivity index (χ0v) is 31.6. The number of fused-ring (bicyclic) bond motifs is 4. The fourth-order valence-electron chi connectivity index (χ4n) is 9.21. The number of nitrogens with one attached hydrogen (secondary N) is 1. The molecular formula is C43H42Cl2FN5O2. The number of amides is 1. The Morgan fingerprint density at radius 2 is 1.92 bits per heavy atom. The molecule has 2 bridgehead atoms. The topological polar surface area (TPSA) is 83.2 Å². The summed E-state index contributed by atoms with van der Waals surface area (Å²) in [7, 11) is 0. The van der Waals surface area contributed by atoms with E-state index in [1.165, 1.54) is 5.56 Å². The van der Waals surface area contributed by atoms with Crippen molar-refractivity contribution in [3.8, 4) is 22.9 Å². The van der Waals surface area contributed by atoms with E-state index in [9.17, 15) is 10.1 Å². The minimum Gasteiger partial charge on any atom is -0.488 e. The van der Waals surface area contributed by atoms with Gasteiger partial charge in [0, 0.05) is 64.6 Å². The van der Waals surface area contributed by atoms with Gasteiger partial charge in [0.2, 0.25) is 5.91 Å². The summed E-state index contributed by atoms with van der Waals surface area (Å²) in [5, 5.41) is 15.6. The van der Waals surface area contributed by atoms with Crippen LogP contribution in [0.1, 0.15) is 86.5 Å². The summed E-state index contributed by atoms with van der Waals surface area (Å²) in [6.45, 7) is 7.72. The van der Waals surface area contributed by atoms with Gasteiger partial charge in [-0.2, -0.15) is 5.26 Å². The van der Waals surface area contributed by atoms with Gasteiger partial charge < -0.3 is 19.5 Å². The van der Waals surface area contributed by atoms with Crippen molar-refractivity contribution in [3.05, 3.63) is 93.0 Å². The second-order valence-corrected chi connectivity index (χ2v) is 16.5. The molecule has 2 aliphatic carbocycles. The summed E-state index contributed by atoms with van der Waals surface area (Å²) >= 11 is 13.1. The first-order valence-corrected chi connectivity index (χ1v) is 19.7. The maximum Gasteiger partial charge on any atom is 0.226 e. The normalized spacial score (nSPS) is 23.6. The third-order valence-corrected chi connectivity index (χ3v) is 12.9. The highest BCUT2D eigenvalue weighted by molar-refractivity contribution is 6.43. The second kappa shape index (κ2) is 13.3. The molecule has 3 saturated heterocycles. The molecule has 10 rings (SSSR count). The van der Waals surface area contributed by atoms with Gasteiger partial charge in [-0.05, 0) is 85.9 Å². The van der Waals surface area contributed by atoms with Crippen molar-refractivity contribution < 1.29 is 13.9 Å². The molecule has 2 saturated carbocycles. The van der Waals surface area contributed by atoms with Gasteiger partial charge in [-0.15, -0.1) is 0 Å². The average Bonchev–Trinajstić information content (AvgIpc) is 3.43. The van der Waals surface area contributed by atoms with E-state index in [-0.39, 0.29) is 53.0 Å². The molecule has 53 heavy (non-hydrogen) atoms. The third kappa shape index (κ3) is 5.78. The lowest BCUT2D eigenvalue weighted by Gasteiger charge is -2.39. The number of benzene rings is 3. The third-order valence-electron chi connectivity index (χ3n) is 12.1. The van der Waals surface area contributed by atoms with Crippen molar-refractivity contribution in [2.75, 3.05) is 13.1 Å². The Bertz CT molecular complexity index is 2330. The number of aryl methyl sites for hydroxylation is 2. The molecule has 3 aromatic carbocycles. The monoisotopic (exact) mass is 749 g/mol. The number of nitrogens with zero attached hydrogens (tertiary/aromatic N) is 4. The van der Waals surface area contributed by atoms with Crippen LogP contribution in [0.5, 0.6) is 5.75 Å². The summed E-state index contributed by atoms with van der Waals surface area (Å²) in [5.74, 6) is 1.39. The lowest BCUT2D eigenvalue weighted by atomic mass is 9.79. The van der Waals surface area contributed by atoms with E-state index in [1.807, 2.05) is 25.1 Å². The SMILES string of the molecule is Cc1nc2c(F)c(-c3cccc(Cl)c3Cl)c(CCC#N)cc2c2c1cc([C@H]1C[C@H](Oc3cccc(C(C)C)c3)CN1C(=O)C1CC1)n2[C@H]1[C@H]2CN[C@@H]1C2. The van der Waals surface area contributed by atoms with Crippen LogP contribution < -0.4 is 10.1 Å². The molecule has 5 aliphatic rings. The molecule has 0 spiro atoms. The molecule has 10 heteroatoms. The Kier molecular flexibility index (Phi) is 8.68. The number of carbonyl (C=O) groups excluding carboxylic acids is 1. The zero-order chi connectivity index (χ0) is 36.7. The molecule has 2 aromatic heterocycles. The number of halogens is 3. The first-order valence-electron chi connectivity index (χ1n) is 18.9. The van der Waals surface area contributed by atoms with Crippen molar-refractivity contribution in [2.24, 2.45) is 11.8 Å². The highest BCUT2D eigenvalue weighted by atomic mass is 35.5. The molecule has 5 fully saturated rings. The van der Waals surface area contributed by atoms with E-state index in [1.54, 1.807) is 18.2 Å². The van der Waals surface area contributed by atoms with Gasteiger partial charge in [-0.3, -0.25) is 4.79 Å². The number of hydrogen-bond donors (Lipinski definition) is 1. The Balaban J connectivity index is 1.24. The Morgan fingerprint density at radius 3 is 2.64 bits per heavy atom. The number of likely N-dealkylation sites (tertiary alicyclic amines) is 1. The van der Waals surface area contributed by atoms with Crippen LogP contribution in [-0.2, 0) is 11.2 Å². The first kappa shape index (κ1) is 34.6. The van der Waals surface area contributed by atoms with Crippen LogP contribution in [0.15, 0.2) is 54.6 Å². The van der Waals surface area contributed by atoms with Crippen molar-refractivity contribution in [1.29, 1.82) is 5.26 Å². The van der Waals surface area contributed by atoms with Crippen LogP contribution in [0.25, 0.3) is 32.9 Å². The molecule has 272 valence electrons. The van der Waals surface area contributed by atoms with Crippen molar-refractivity contribution in [2.45, 2.75) is 89.4 Å². The van der Waals surface area contributed by atoms with Gasteiger partial charge in [0.1, 0.15) is 17.4 Å². The number of rotatable bonds is 9. The first-order chi connectivity index (χ1) is 25.6. The standard InChI is InChI=1S/C43H42Cl2FN5O2/c1-22(2)25-7-4-9-28(15-25)53-29-18-35(50(21-29)43(52)24-12-13-24)36-19-31-23(3)49-40-32(42(31)51(36)41-27-17-34(41)48-20-27)16-26(8-6-14-47)37(39(40)46)30-10-5-11-33(44)38(30)45/h4-5,7,9-11,15-16,19,22,24,27,29,34-35,41,48H,6,8,12-13,17-18,20-21H2,1-3H3/t27-,29+,34-,35-,41+/m1/s1. The van der Waals surface area contributed by atoms with E-state index >= 15 is 4.39 Å². The van der Waals surface area contributed by atoms with Gasteiger partial charge in [0.15, 0.2) is 5.82 Å². The van der Waals surface area contributed by atoms with E-state index in [2.05, 4.69) is 52.9 Å². The quantitative estimate of drug-likeness (QED) is 0.162. The molecule has 0 unspecified atom stereocenters. The van der Waals surface area contributed by atoms with Crippen LogP contribution in [-0.4, -0.2) is 45.6 Å². The number of ether oxygens (including phenoxy) is 1. The predicted octanol–water partition coefficient (Wildman–Crippen LogP) is 9.85. The molecule has 5 aromatic rings. The predicted molar refractivity (Wildman–Crippen MR) is 207 cm³/mol. The molecule has 5 heterocycles. The van der Waals surface area contributed by atoms with Crippen LogP contribution in [0.2, 0.25) is 10.0 Å². The Hall–Kier alpha value is -4.16. The number of nitriles is 1. The average molecular weight is 751 g/mol. The van der Waals surface area contributed by atoms with Gasteiger partial charge in [-0.1, -0.05) is 61.3 Å². The van der Waals surface area contributed by atoms with Crippen LogP contribution in [0.4, 0.5) is 4.39 Å². The summed E-state index contributed by atoms with van der Waals surface area (Å²) in [6.07, 6.45) is 3.94. The van der Waals surface area contributed by atoms with E-state index in [0.29, 0.717) is 58.3 Å². The molecule has 7 nitrogen and oxygen atoms in total. The summed E-state index contributed by atoms with van der Waals surface area (Å²) in [5.41, 5.74) is 5.67. The van der Waals surface area contributed by atoms with Crippen molar-refractivity contribution in [3.63, 3.8) is 0 Å². The summed E-state index contributed by atoms with van der Waals surface area (Å²) in [6, 6.07) is 20.2. The molecule has 1 amide bonds. The molecule has 3 aliphatic heterocycles. The zero-order valence-electron chi connectivity index (χ0n) is 30.1. The maximum atomic E-state index is 17.2. The van der Waals surface area contributed by atoms with Crippen LogP contribution >= 0.6 is 23.2 Å². The summed E-state index contributed by atoms with van der Waals surface area (Å²) < 4.78 is 26.3. The Labute approximate surface area is 319 Å². The molecule has 5 atom stereocenters. The van der Waals surface area contributed by atoms with Gasteiger partial charge in [-0.25, -0.2) is 9.37 Å². The maximum absolute atomic E-state index is 17.2. The lowest BCUT2D eigenvalue weighted by Crippen LogP contribution is -2.41. The molecule has 1 N–H and O–H groups in total. The minimum absolute atomic E-state index is 0.0534. The fourth-order valence-corrected chi connectivity index (χ4v) is 9.60. The number of aromatic nitrogens is 2. The highest BCUT2D eigenvalue weighted by Gasteiger charge is 2.51. The van der Waals surface area contributed by atoms with Gasteiger partial charge >= 0.3 is 0 Å². The Morgan fingerprint density at radius 1 is 1.11 bits per heavy atom. The number of hydrogen-bond acceptors (Lipinski definition) is 5. The van der Waals surface area contributed by atoms with Crippen LogP contribution in [0.3, 0.4) is 0 Å². The molecular weight excluding hydrogens is 708 g/mol. The van der Waals surface area contributed by atoms with E-state index in [0.717, 1.165) is 53.8 Å². The number of pyridine rings is 1. The van der Waals surface area contributed by atoms with Gasteiger partial charge in [0.25, 0.3) is 0 Å². The fraction of sp³-hybridized carbons (Fsp3) is 0.419. The van der Waals surface area contributed by atoms with E-state index < -0.39 is 5.82 Å². The minimum atomic E-state index is -0.475. The number of carbonyl (C=O) groups is 1. The lowest BCUT2D eigenvalue weighted by molar-refractivity contribution is -0.133.